The van der Waals surface area contributed by atoms with Gasteiger partial charge < -0.3 is 10.6 Å². The van der Waals surface area contributed by atoms with Crippen LogP contribution >= 0.6 is 0 Å². The molecule has 0 radical (unpaired) electrons. The summed E-state index contributed by atoms with van der Waals surface area (Å²) in [4.78, 5) is 29.9. The molecule has 3 rings (SSSR count). The van der Waals surface area contributed by atoms with E-state index in [9.17, 15) is 9.59 Å². The van der Waals surface area contributed by atoms with Gasteiger partial charge in [0.05, 0.1) is 11.1 Å². The quantitative estimate of drug-likeness (QED) is 0.909. The van der Waals surface area contributed by atoms with Crippen LogP contribution in [0.15, 0.2) is 36.5 Å². The summed E-state index contributed by atoms with van der Waals surface area (Å²) in [5, 5.41) is 0.863. The molecular formula is C16H17N3O2. The first-order chi connectivity index (χ1) is 10.2. The van der Waals surface area contributed by atoms with Crippen molar-refractivity contribution in [1.82, 2.24) is 9.88 Å². The van der Waals surface area contributed by atoms with Crippen molar-refractivity contribution in [2.75, 3.05) is 13.1 Å². The molecule has 2 amide bonds. The van der Waals surface area contributed by atoms with E-state index < -0.39 is 0 Å². The Bertz CT molecular complexity index is 685. The van der Waals surface area contributed by atoms with Crippen LogP contribution in [0.25, 0.3) is 10.9 Å². The highest BCUT2D eigenvalue weighted by molar-refractivity contribution is 6.06. The van der Waals surface area contributed by atoms with Crippen LogP contribution in [0.3, 0.4) is 0 Å². The van der Waals surface area contributed by atoms with Gasteiger partial charge in [-0.15, -0.1) is 0 Å². The number of hydrogen-bond donors (Lipinski definition) is 1. The Morgan fingerprint density at radius 3 is 2.57 bits per heavy atom. The fourth-order valence-electron chi connectivity index (χ4n) is 2.82. The average Bonchev–Trinajstić information content (AvgIpc) is 2.53. The van der Waals surface area contributed by atoms with Crippen LogP contribution in [0, 0.1) is 5.92 Å². The lowest BCUT2D eigenvalue weighted by molar-refractivity contribution is -0.123. The first-order valence-electron chi connectivity index (χ1n) is 7.09. The third-order valence-corrected chi connectivity index (χ3v) is 4.06. The van der Waals surface area contributed by atoms with E-state index in [-0.39, 0.29) is 17.7 Å². The van der Waals surface area contributed by atoms with Crippen LogP contribution in [0.1, 0.15) is 23.2 Å². The number of primary amides is 1. The summed E-state index contributed by atoms with van der Waals surface area (Å²) in [7, 11) is 0. The van der Waals surface area contributed by atoms with E-state index >= 15 is 0 Å². The van der Waals surface area contributed by atoms with Crippen molar-refractivity contribution in [3.63, 3.8) is 0 Å². The molecule has 1 aromatic carbocycles. The second kappa shape index (κ2) is 5.52. The van der Waals surface area contributed by atoms with Crippen LogP contribution in [0.5, 0.6) is 0 Å². The maximum atomic E-state index is 12.7. The Kier molecular flexibility index (Phi) is 3.56. The van der Waals surface area contributed by atoms with Gasteiger partial charge in [-0.3, -0.25) is 14.6 Å². The lowest BCUT2D eigenvalue weighted by atomic mass is 9.95. The van der Waals surface area contributed by atoms with Gasteiger partial charge in [-0.05, 0) is 25.0 Å². The Morgan fingerprint density at radius 2 is 1.86 bits per heavy atom. The Hall–Kier alpha value is -2.43. The van der Waals surface area contributed by atoms with Crippen LogP contribution in [0.2, 0.25) is 0 Å². The molecule has 2 aromatic rings. The summed E-state index contributed by atoms with van der Waals surface area (Å²) in [5.41, 5.74) is 6.80. The molecule has 5 nitrogen and oxygen atoms in total. The number of likely N-dealkylation sites (tertiary alicyclic amines) is 1. The average molecular weight is 283 g/mol. The monoisotopic (exact) mass is 283 g/mol. The zero-order chi connectivity index (χ0) is 14.8. The molecule has 1 fully saturated rings. The third-order valence-electron chi connectivity index (χ3n) is 4.06. The number of nitrogens with zero attached hydrogens (tertiary/aromatic N) is 2. The van der Waals surface area contributed by atoms with Crippen molar-refractivity contribution in [3.8, 4) is 0 Å². The van der Waals surface area contributed by atoms with E-state index in [0.29, 0.717) is 31.5 Å². The molecule has 5 heteroatoms. The summed E-state index contributed by atoms with van der Waals surface area (Å²) in [6.07, 6.45) is 2.94. The van der Waals surface area contributed by atoms with Gasteiger partial charge >= 0.3 is 0 Å². The summed E-state index contributed by atoms with van der Waals surface area (Å²) in [5.74, 6) is -0.379. The molecule has 2 N–H and O–H groups in total. The molecule has 1 aliphatic heterocycles. The molecule has 0 unspecified atom stereocenters. The first kappa shape index (κ1) is 13.5. The minimum absolute atomic E-state index is 0.00322. The lowest BCUT2D eigenvalue weighted by Crippen LogP contribution is -2.41. The highest BCUT2D eigenvalue weighted by atomic mass is 16.2. The topological polar surface area (TPSA) is 76.3 Å². The van der Waals surface area contributed by atoms with Gasteiger partial charge in [0, 0.05) is 30.6 Å². The van der Waals surface area contributed by atoms with Crippen molar-refractivity contribution in [3.05, 3.63) is 42.1 Å². The van der Waals surface area contributed by atoms with Crippen molar-refractivity contribution in [2.24, 2.45) is 11.7 Å². The predicted molar refractivity (Wildman–Crippen MR) is 79.6 cm³/mol. The maximum absolute atomic E-state index is 12.7. The van der Waals surface area contributed by atoms with E-state index in [4.69, 9.17) is 5.73 Å². The number of rotatable bonds is 2. The normalized spacial score (nSPS) is 16.1. The lowest BCUT2D eigenvalue weighted by Gasteiger charge is -2.30. The molecule has 21 heavy (non-hydrogen) atoms. The number of fused-ring (bicyclic) bond motifs is 1. The molecule has 2 heterocycles. The third kappa shape index (κ3) is 2.59. The van der Waals surface area contributed by atoms with Gasteiger partial charge in [0.15, 0.2) is 0 Å². The van der Waals surface area contributed by atoms with Gasteiger partial charge in [0.25, 0.3) is 5.91 Å². The Labute approximate surface area is 122 Å². The summed E-state index contributed by atoms with van der Waals surface area (Å²) < 4.78 is 0. The van der Waals surface area contributed by atoms with Crippen LogP contribution in [-0.4, -0.2) is 34.8 Å². The molecule has 0 spiro atoms. The molecule has 0 saturated carbocycles. The number of nitrogens with two attached hydrogens (primary N) is 1. The Morgan fingerprint density at radius 1 is 1.14 bits per heavy atom. The van der Waals surface area contributed by atoms with Crippen LogP contribution in [-0.2, 0) is 4.79 Å². The van der Waals surface area contributed by atoms with Gasteiger partial charge in [-0.2, -0.15) is 0 Å². The zero-order valence-electron chi connectivity index (χ0n) is 11.7. The number of aromatic nitrogens is 1. The van der Waals surface area contributed by atoms with E-state index in [1.807, 2.05) is 24.3 Å². The number of carbonyl (C=O) groups is 2. The molecule has 0 bridgehead atoms. The number of piperidine rings is 1. The second-order valence-corrected chi connectivity index (χ2v) is 5.34. The first-order valence-corrected chi connectivity index (χ1v) is 7.09. The molecule has 108 valence electrons. The minimum atomic E-state index is -0.267. The van der Waals surface area contributed by atoms with Crippen LogP contribution in [0.4, 0.5) is 0 Å². The van der Waals surface area contributed by atoms with Crippen molar-refractivity contribution >= 4 is 22.7 Å². The number of pyridine rings is 1. The minimum Gasteiger partial charge on any atom is -0.369 e. The molecule has 0 atom stereocenters. The highest BCUT2D eigenvalue weighted by Crippen LogP contribution is 2.22. The van der Waals surface area contributed by atoms with Crippen molar-refractivity contribution < 1.29 is 9.59 Å². The van der Waals surface area contributed by atoms with Crippen molar-refractivity contribution in [1.29, 1.82) is 0 Å². The van der Waals surface area contributed by atoms with E-state index in [2.05, 4.69) is 4.98 Å². The van der Waals surface area contributed by atoms with E-state index in [1.54, 1.807) is 17.2 Å². The van der Waals surface area contributed by atoms with Crippen LogP contribution < -0.4 is 5.73 Å². The predicted octanol–water partition coefficient (Wildman–Crippen LogP) is 1.57. The summed E-state index contributed by atoms with van der Waals surface area (Å²) >= 11 is 0. The number of hydrogen-bond acceptors (Lipinski definition) is 3. The smallest absolute Gasteiger partial charge is 0.254 e. The van der Waals surface area contributed by atoms with Gasteiger partial charge in [-0.1, -0.05) is 18.2 Å². The Balaban J connectivity index is 1.84. The summed E-state index contributed by atoms with van der Waals surface area (Å²) in [6, 6.07) is 9.37. The molecule has 1 saturated heterocycles. The van der Waals surface area contributed by atoms with E-state index in [0.717, 1.165) is 10.9 Å². The molecule has 0 aliphatic carbocycles. The fourth-order valence-corrected chi connectivity index (χ4v) is 2.82. The number of amides is 2. The van der Waals surface area contributed by atoms with Crippen molar-refractivity contribution in [2.45, 2.75) is 12.8 Å². The standard InChI is InChI=1S/C16H17N3O2/c17-15(20)11-6-9-19(10-7-11)16(21)13-5-8-18-14-4-2-1-3-12(13)14/h1-5,8,11H,6-7,9-10H2,(H2,17,20). The highest BCUT2D eigenvalue weighted by Gasteiger charge is 2.27. The van der Waals surface area contributed by atoms with Gasteiger partial charge in [-0.25, -0.2) is 0 Å². The SMILES string of the molecule is NC(=O)C1CCN(C(=O)c2ccnc3ccccc23)CC1. The molecule has 1 aliphatic rings. The largest absolute Gasteiger partial charge is 0.369 e. The number of benzene rings is 1. The number of para-hydroxylation sites is 1. The fraction of sp³-hybridized carbons (Fsp3) is 0.312. The van der Waals surface area contributed by atoms with Gasteiger partial charge in [0.1, 0.15) is 0 Å². The number of carbonyl (C=O) groups excluding carboxylic acids is 2. The zero-order valence-corrected chi connectivity index (χ0v) is 11.7. The molecule has 1 aromatic heterocycles. The summed E-state index contributed by atoms with van der Waals surface area (Å²) in [6.45, 7) is 1.15. The van der Waals surface area contributed by atoms with Gasteiger partial charge in [0.2, 0.25) is 5.91 Å². The van der Waals surface area contributed by atoms with E-state index in [1.165, 1.54) is 0 Å². The maximum Gasteiger partial charge on any atom is 0.254 e. The molecular weight excluding hydrogens is 266 g/mol. The second-order valence-electron chi connectivity index (χ2n) is 5.34.